The predicted molar refractivity (Wildman–Crippen MR) is 154 cm³/mol. The van der Waals surface area contributed by atoms with Crippen LogP contribution in [0.2, 0.25) is 0 Å². The van der Waals surface area contributed by atoms with Gasteiger partial charge in [0.1, 0.15) is 27.5 Å². The minimum atomic E-state index is -0.498. The zero-order valence-electron chi connectivity index (χ0n) is 15.3. The molecule has 3 rings (SSSR count). The number of nitrogens with zero attached hydrogens (tertiary/aromatic N) is 2. The van der Waals surface area contributed by atoms with E-state index in [1.165, 1.54) is 0 Å². The number of aromatic nitrogens is 2. The van der Waals surface area contributed by atoms with Gasteiger partial charge in [0.2, 0.25) is 0 Å². The van der Waals surface area contributed by atoms with Gasteiger partial charge in [-0.3, -0.25) is 0 Å². The summed E-state index contributed by atoms with van der Waals surface area (Å²) in [4.78, 5) is 7.84. The molecule has 0 amide bonds. The van der Waals surface area contributed by atoms with Crippen LogP contribution >= 0.6 is 109 Å². The third-order valence-corrected chi connectivity index (χ3v) is 10.9. The summed E-state index contributed by atoms with van der Waals surface area (Å²) in [6.07, 6.45) is 1.81. The molecule has 1 heterocycles. The summed E-state index contributed by atoms with van der Waals surface area (Å²) in [6, 6.07) is 12.3. The summed E-state index contributed by atoms with van der Waals surface area (Å²) in [5, 5.41) is 9.83. The normalized spacial score (nSPS) is 12.4. The summed E-state index contributed by atoms with van der Waals surface area (Å²) in [6.45, 7) is 2.37. The highest BCUT2D eigenvalue weighted by molar-refractivity contribution is 14.1. The summed E-state index contributed by atoms with van der Waals surface area (Å²) in [5.41, 5.74) is 4.12. The van der Waals surface area contributed by atoms with E-state index in [9.17, 15) is 5.26 Å². The van der Waals surface area contributed by atoms with Crippen molar-refractivity contribution in [1.82, 2.24) is 9.97 Å². The molecule has 30 heavy (non-hydrogen) atoms. The van der Waals surface area contributed by atoms with Gasteiger partial charge in [0.15, 0.2) is 0 Å². The average molecular weight is 885 g/mol. The summed E-state index contributed by atoms with van der Waals surface area (Å²) in [7, 11) is 0. The molecule has 3 aromatic rings. The van der Waals surface area contributed by atoms with Crippen LogP contribution < -0.4 is 4.74 Å². The number of H-pyrrole nitrogens is 1. The number of ether oxygens (including phenoxy) is 1. The maximum absolute atomic E-state index is 9.83. The maximum Gasteiger partial charge on any atom is 0.149 e. The van der Waals surface area contributed by atoms with E-state index in [0.717, 1.165) is 29.3 Å². The van der Waals surface area contributed by atoms with Crippen LogP contribution in [0.5, 0.6) is 5.75 Å². The average Bonchev–Trinajstić information content (AvgIpc) is 3.07. The Bertz CT molecular complexity index is 1170. The number of nitrogens with one attached hydrogen (secondary N) is 1. The van der Waals surface area contributed by atoms with Crippen molar-refractivity contribution in [3.8, 4) is 11.8 Å². The van der Waals surface area contributed by atoms with Gasteiger partial charge in [0.05, 0.1) is 23.9 Å². The molecule has 0 spiro atoms. The third kappa shape index (κ3) is 6.01. The zero-order chi connectivity index (χ0) is 22.1. The number of fused-ring (bicyclic) bond motifs is 1. The van der Waals surface area contributed by atoms with Crippen molar-refractivity contribution in [3.05, 3.63) is 54.4 Å². The fraction of sp³-hybridized carbons (Fsp3) is 0.200. The smallest absolute Gasteiger partial charge is 0.149 e. The van der Waals surface area contributed by atoms with E-state index in [-0.39, 0.29) is 3.74 Å². The first-order valence-electron chi connectivity index (χ1n) is 8.47. The molecule has 1 N–H and O–H groups in total. The van der Waals surface area contributed by atoms with Gasteiger partial charge in [-0.15, -0.1) is 0 Å². The molecule has 0 radical (unpaired) electrons. The van der Waals surface area contributed by atoms with Crippen molar-refractivity contribution in [2.75, 3.05) is 6.61 Å². The first-order chi connectivity index (χ1) is 14.1. The lowest BCUT2D eigenvalue weighted by molar-refractivity contribution is 0.314. The topological polar surface area (TPSA) is 61.7 Å². The van der Waals surface area contributed by atoms with Crippen molar-refractivity contribution < 1.29 is 4.74 Å². The van der Waals surface area contributed by atoms with Crippen LogP contribution in [0.4, 0.5) is 0 Å². The molecule has 0 saturated heterocycles. The molecule has 0 fully saturated rings. The van der Waals surface area contributed by atoms with Gasteiger partial charge in [-0.05, 0) is 88.0 Å². The van der Waals surface area contributed by atoms with Gasteiger partial charge in [-0.25, -0.2) is 4.98 Å². The van der Waals surface area contributed by atoms with Crippen molar-refractivity contribution in [2.24, 2.45) is 0 Å². The third-order valence-electron chi connectivity index (χ3n) is 4.08. The van der Waals surface area contributed by atoms with Gasteiger partial charge < -0.3 is 9.72 Å². The van der Waals surface area contributed by atoms with Gasteiger partial charge in [-0.1, -0.05) is 69.8 Å². The minimum Gasteiger partial charge on any atom is -0.489 e. The molecule has 156 valence electrons. The Hall–Kier alpha value is 0.320. The van der Waals surface area contributed by atoms with Crippen molar-refractivity contribution in [3.63, 3.8) is 0 Å². The first-order valence-corrected chi connectivity index (χ1v) is 14.0. The van der Waals surface area contributed by atoms with E-state index in [1.54, 1.807) is 0 Å². The van der Waals surface area contributed by atoms with E-state index in [2.05, 4.69) is 125 Å². The van der Waals surface area contributed by atoms with E-state index >= 15 is 0 Å². The molecule has 2 aromatic carbocycles. The molecule has 0 aliphatic carbocycles. The zero-order valence-corrected chi connectivity index (χ0v) is 26.0. The van der Waals surface area contributed by atoms with Crippen LogP contribution in [0.1, 0.15) is 17.0 Å². The van der Waals surface area contributed by atoms with Gasteiger partial charge >= 0.3 is 0 Å². The Morgan fingerprint density at radius 2 is 2.03 bits per heavy atom. The largest absolute Gasteiger partial charge is 0.489 e. The molecule has 4 nitrogen and oxygen atoms in total. The Morgan fingerprint density at radius 1 is 1.30 bits per heavy atom. The fourth-order valence-electron chi connectivity index (χ4n) is 2.63. The molecular weight excluding hydrogens is 872 g/mol. The maximum atomic E-state index is 9.83. The number of hydrogen-bond acceptors (Lipinski definition) is 3. The lowest BCUT2D eigenvalue weighted by atomic mass is 10.1. The molecule has 0 unspecified atom stereocenters. The van der Waals surface area contributed by atoms with Crippen LogP contribution in [-0.2, 0) is 0 Å². The van der Waals surface area contributed by atoms with Crippen LogP contribution in [0.15, 0.2) is 30.3 Å². The Kier molecular flexibility index (Phi) is 8.73. The van der Waals surface area contributed by atoms with Gasteiger partial charge in [0.25, 0.3) is 0 Å². The van der Waals surface area contributed by atoms with Crippen LogP contribution in [0.25, 0.3) is 22.7 Å². The molecule has 1 aromatic heterocycles. The molecule has 0 atom stereocenters. The first kappa shape index (κ1) is 25.0. The number of imidazole rings is 1. The van der Waals surface area contributed by atoms with Crippen molar-refractivity contribution in [2.45, 2.75) is 13.9 Å². The van der Waals surface area contributed by atoms with E-state index in [0.29, 0.717) is 23.8 Å². The second kappa shape index (κ2) is 10.5. The predicted octanol–water partition coefficient (Wildman–Crippen LogP) is 8.13. The molecule has 0 saturated carbocycles. The van der Waals surface area contributed by atoms with Gasteiger partial charge in [0, 0.05) is 9.13 Å². The number of alkyl halides is 4. The molecule has 10 heteroatoms. The lowest BCUT2D eigenvalue weighted by Gasteiger charge is -2.23. The van der Waals surface area contributed by atoms with Crippen molar-refractivity contribution >= 4 is 132 Å². The van der Waals surface area contributed by atoms with Crippen molar-refractivity contribution in [1.29, 1.82) is 5.26 Å². The molecule has 0 bridgehead atoms. The monoisotopic (exact) mass is 881 g/mol. The quantitative estimate of drug-likeness (QED) is 0.155. The highest BCUT2D eigenvalue weighted by atomic mass is 127. The van der Waals surface area contributed by atoms with Crippen LogP contribution in [-0.4, -0.2) is 23.5 Å². The number of rotatable bonds is 6. The van der Waals surface area contributed by atoms with Crippen LogP contribution in [0, 0.1) is 25.4 Å². The number of halogens is 6. The second-order valence-electron chi connectivity index (χ2n) is 6.43. The lowest BCUT2D eigenvalue weighted by Crippen LogP contribution is -2.28. The number of nitriles is 1. The van der Waals surface area contributed by atoms with Gasteiger partial charge in [-0.2, -0.15) is 5.26 Å². The summed E-state index contributed by atoms with van der Waals surface area (Å²) in [5.74, 6) is 1.24. The van der Waals surface area contributed by atoms with E-state index in [4.69, 9.17) is 4.74 Å². The van der Waals surface area contributed by atoms with Crippen LogP contribution in [0.3, 0.4) is 0 Å². The highest BCUT2D eigenvalue weighted by Gasteiger charge is 2.31. The number of aryl methyl sites for hydroxylation is 1. The standard InChI is InChI=1S/C20H13Br4I2N3O/c1-10-2-3-15-16(4-10)29-18(28-15)12(8-27)5-11-6-13(25)7-14(26)17(11)30-9-20(23,24)19(21)22/h2-7,19H,9H2,1H3,(H,28,29)/b12-5+. The highest BCUT2D eigenvalue weighted by Crippen LogP contribution is 2.40. The molecule has 0 aliphatic rings. The number of allylic oxidation sites excluding steroid dienone is 1. The number of hydrogen-bond donors (Lipinski definition) is 1. The summed E-state index contributed by atoms with van der Waals surface area (Å²) < 4.78 is 7.62. The molecule has 0 aliphatic heterocycles. The summed E-state index contributed by atoms with van der Waals surface area (Å²) >= 11 is 18.7. The number of benzene rings is 2. The Morgan fingerprint density at radius 3 is 2.70 bits per heavy atom. The number of aromatic amines is 1. The van der Waals surface area contributed by atoms with E-state index in [1.807, 2.05) is 43.3 Å². The Labute approximate surface area is 235 Å². The molecular formula is C20H13Br4I2N3O. The SMILES string of the molecule is Cc1ccc2nc(/C(C#N)=C/c3cc(I)cc(I)c3OCC(Br)(Br)C(Br)Br)[nH]c2c1. The minimum absolute atomic E-state index is 0.0494. The Balaban J connectivity index is 2.04. The second-order valence-corrected chi connectivity index (χ2v) is 15.8. The fourth-order valence-corrected chi connectivity index (χ4v) is 5.17. The van der Waals surface area contributed by atoms with E-state index < -0.39 is 3.23 Å².